The maximum Gasteiger partial charge on any atom is 0.117 e. The first-order chi connectivity index (χ1) is 7.62. The summed E-state index contributed by atoms with van der Waals surface area (Å²) in [5.41, 5.74) is 1.41. The molecule has 0 aliphatic rings. The van der Waals surface area contributed by atoms with E-state index in [-0.39, 0.29) is 0 Å². The molecule has 0 aliphatic heterocycles. The molecular formula is C14H35NSSi2. The van der Waals surface area contributed by atoms with Gasteiger partial charge in [-0.1, -0.05) is 61.2 Å². The predicted octanol–water partition coefficient (Wildman–Crippen LogP) is 5.27. The smallest absolute Gasteiger partial charge is 0.117 e. The molecule has 1 unspecified atom stereocenters. The second kappa shape index (κ2) is 5.62. The van der Waals surface area contributed by atoms with Crippen LogP contribution in [0.2, 0.25) is 35.4 Å². The first-order valence-electron chi connectivity index (χ1n) is 7.08. The van der Waals surface area contributed by atoms with Crippen molar-refractivity contribution in [3.05, 3.63) is 0 Å². The quantitative estimate of drug-likeness (QED) is 0.409. The molecule has 0 aromatic heterocycles. The Bertz CT molecular complexity index is 260. The summed E-state index contributed by atoms with van der Waals surface area (Å²) >= 11 is 4.53. The molecule has 0 aromatic carbocycles. The first-order valence-corrected chi connectivity index (χ1v) is 13.5. The van der Waals surface area contributed by atoms with Crippen LogP contribution in [0, 0.1) is 0 Å². The van der Waals surface area contributed by atoms with E-state index in [4.69, 9.17) is 0 Å². The average Bonchev–Trinajstić information content (AvgIpc) is 1.94. The van der Waals surface area contributed by atoms with Crippen molar-refractivity contribution in [2.24, 2.45) is 0 Å². The molecule has 0 fully saturated rings. The summed E-state index contributed by atoms with van der Waals surface area (Å²) in [6.07, 6.45) is 0. The minimum absolute atomic E-state index is 0.310. The van der Waals surface area contributed by atoms with Crippen LogP contribution in [0.5, 0.6) is 0 Å². The van der Waals surface area contributed by atoms with Gasteiger partial charge in [-0.25, -0.2) is 0 Å². The lowest BCUT2D eigenvalue weighted by Gasteiger charge is -2.53. The second-order valence-electron chi connectivity index (χ2n) is 8.71. The highest BCUT2D eigenvalue weighted by molar-refractivity contribution is 7.80. The molecule has 4 heteroatoms. The van der Waals surface area contributed by atoms with Gasteiger partial charge in [-0.3, -0.25) is 0 Å². The van der Waals surface area contributed by atoms with Gasteiger partial charge >= 0.3 is 0 Å². The van der Waals surface area contributed by atoms with Gasteiger partial charge in [-0.15, -0.1) is 0 Å². The van der Waals surface area contributed by atoms with Crippen molar-refractivity contribution in [2.75, 3.05) is 0 Å². The molecule has 0 saturated heterocycles. The summed E-state index contributed by atoms with van der Waals surface area (Å²) in [4.78, 5) is 3.76. The van der Waals surface area contributed by atoms with E-state index in [1.165, 1.54) is 5.67 Å². The van der Waals surface area contributed by atoms with Crippen molar-refractivity contribution in [3.63, 3.8) is 0 Å². The van der Waals surface area contributed by atoms with Gasteiger partial charge in [0.1, 0.15) is 8.24 Å². The fraction of sp³-hybridized carbons (Fsp3) is 1.00. The zero-order chi connectivity index (χ0) is 15.0. The van der Waals surface area contributed by atoms with Crippen LogP contribution >= 0.6 is 12.6 Å². The molecule has 0 bridgehead atoms. The standard InChI is InChI=1S/C14H35NSSi2/c1-12(16)15-17(8,9)11-18(10,13(2,3)4)14(5,6)7/h12,15-16H,11H2,1-10H3. The Kier molecular flexibility index (Phi) is 5.86. The Labute approximate surface area is 123 Å². The molecule has 1 nitrogen and oxygen atoms in total. The fourth-order valence-electron chi connectivity index (χ4n) is 3.16. The monoisotopic (exact) mass is 305 g/mol. The molecule has 0 aromatic rings. The van der Waals surface area contributed by atoms with Gasteiger partial charge in [0.2, 0.25) is 0 Å². The Balaban J connectivity index is 5.29. The van der Waals surface area contributed by atoms with E-state index in [1.54, 1.807) is 0 Å². The predicted molar refractivity (Wildman–Crippen MR) is 94.9 cm³/mol. The van der Waals surface area contributed by atoms with Crippen LogP contribution in [-0.4, -0.2) is 21.7 Å². The number of rotatable bonds is 4. The number of hydrogen-bond acceptors (Lipinski definition) is 2. The Morgan fingerprint density at radius 1 is 0.944 bits per heavy atom. The van der Waals surface area contributed by atoms with Gasteiger partial charge in [0.25, 0.3) is 0 Å². The Morgan fingerprint density at radius 2 is 1.28 bits per heavy atom. The van der Waals surface area contributed by atoms with Crippen LogP contribution in [0.3, 0.4) is 0 Å². The summed E-state index contributed by atoms with van der Waals surface area (Å²) in [5, 5.41) is 1.19. The third kappa shape index (κ3) is 4.69. The van der Waals surface area contributed by atoms with Crippen molar-refractivity contribution in [3.8, 4) is 0 Å². The lowest BCUT2D eigenvalue weighted by atomic mass is 10.2. The largest absolute Gasteiger partial charge is 0.327 e. The summed E-state index contributed by atoms with van der Waals surface area (Å²) in [6.45, 7) is 24.3. The van der Waals surface area contributed by atoms with E-state index in [1.807, 2.05) is 0 Å². The molecule has 0 radical (unpaired) electrons. The second-order valence-corrected chi connectivity index (χ2v) is 20.6. The molecule has 1 N–H and O–H groups in total. The van der Waals surface area contributed by atoms with Crippen LogP contribution in [0.1, 0.15) is 48.5 Å². The van der Waals surface area contributed by atoms with Crippen molar-refractivity contribution in [1.29, 1.82) is 0 Å². The summed E-state index contributed by atoms with van der Waals surface area (Å²) in [5.74, 6) is 0. The van der Waals surface area contributed by atoms with Crippen molar-refractivity contribution in [1.82, 2.24) is 4.98 Å². The lowest BCUT2D eigenvalue weighted by molar-refractivity contribution is 0.616. The summed E-state index contributed by atoms with van der Waals surface area (Å²) in [7, 11) is -2.78. The van der Waals surface area contributed by atoms with Gasteiger partial charge in [0, 0.05) is 5.37 Å². The maximum absolute atomic E-state index is 4.53. The molecule has 18 heavy (non-hydrogen) atoms. The number of nitrogens with one attached hydrogen (secondary N) is 1. The molecule has 0 aliphatic carbocycles. The highest BCUT2D eigenvalue weighted by Crippen LogP contribution is 2.54. The van der Waals surface area contributed by atoms with Gasteiger partial charge in [-0.2, -0.15) is 12.6 Å². The zero-order valence-corrected chi connectivity index (χ0v) is 17.1. The minimum atomic E-state index is -1.39. The van der Waals surface area contributed by atoms with E-state index in [0.29, 0.717) is 15.5 Å². The highest BCUT2D eigenvalue weighted by Gasteiger charge is 2.51. The van der Waals surface area contributed by atoms with Crippen LogP contribution < -0.4 is 4.98 Å². The molecule has 110 valence electrons. The fourth-order valence-corrected chi connectivity index (χ4v) is 19.3. The Morgan fingerprint density at radius 3 is 1.50 bits per heavy atom. The molecule has 0 saturated carbocycles. The maximum atomic E-state index is 4.53. The third-order valence-corrected chi connectivity index (χ3v) is 19.3. The molecule has 1 atom stereocenters. The van der Waals surface area contributed by atoms with Crippen LogP contribution in [-0.2, 0) is 0 Å². The number of hydrogen-bond donors (Lipinski definition) is 2. The van der Waals surface area contributed by atoms with E-state index in [0.717, 1.165) is 0 Å². The molecule has 0 amide bonds. The summed E-state index contributed by atoms with van der Waals surface area (Å²) < 4.78 is 0. The highest BCUT2D eigenvalue weighted by atomic mass is 32.1. The zero-order valence-electron chi connectivity index (χ0n) is 14.2. The Hall–Kier alpha value is 0.744. The van der Waals surface area contributed by atoms with Gasteiger partial charge in [0.05, 0.1) is 8.07 Å². The van der Waals surface area contributed by atoms with Crippen LogP contribution in [0.4, 0.5) is 0 Å². The van der Waals surface area contributed by atoms with Gasteiger partial charge < -0.3 is 4.98 Å². The van der Waals surface area contributed by atoms with Crippen molar-refractivity contribution >= 4 is 28.9 Å². The van der Waals surface area contributed by atoms with Gasteiger partial charge in [-0.05, 0) is 22.7 Å². The van der Waals surface area contributed by atoms with E-state index in [2.05, 4.69) is 85.7 Å². The van der Waals surface area contributed by atoms with E-state index in [9.17, 15) is 0 Å². The topological polar surface area (TPSA) is 12.0 Å². The van der Waals surface area contributed by atoms with Crippen molar-refractivity contribution < 1.29 is 0 Å². The molecule has 0 rings (SSSR count). The first kappa shape index (κ1) is 18.7. The average molecular weight is 306 g/mol. The van der Waals surface area contributed by atoms with Crippen LogP contribution in [0.25, 0.3) is 0 Å². The van der Waals surface area contributed by atoms with E-state index < -0.39 is 16.3 Å². The minimum Gasteiger partial charge on any atom is -0.327 e. The molecular weight excluding hydrogens is 270 g/mol. The van der Waals surface area contributed by atoms with Crippen molar-refractivity contribution in [2.45, 2.75) is 89.2 Å². The SMILES string of the molecule is CC(S)N[Si](C)(C)C[Si](C)(C(C)(C)C)C(C)(C)C. The lowest BCUT2D eigenvalue weighted by Crippen LogP contribution is -2.59. The molecule has 0 spiro atoms. The normalized spacial score (nSPS) is 16.8. The summed E-state index contributed by atoms with van der Waals surface area (Å²) in [6, 6.07) is 0. The third-order valence-electron chi connectivity index (χ3n) is 4.71. The number of thiol groups is 1. The van der Waals surface area contributed by atoms with E-state index >= 15 is 0 Å². The van der Waals surface area contributed by atoms with Crippen LogP contribution in [0.15, 0.2) is 0 Å². The molecule has 0 heterocycles. The van der Waals surface area contributed by atoms with Gasteiger partial charge in [0.15, 0.2) is 0 Å².